The van der Waals surface area contributed by atoms with E-state index in [0.29, 0.717) is 11.1 Å². The number of carboxylic acid groups (broad SMARTS) is 1. The van der Waals surface area contributed by atoms with Gasteiger partial charge in [0.25, 0.3) is 0 Å². The Morgan fingerprint density at radius 3 is 1.77 bits per heavy atom. The van der Waals surface area contributed by atoms with E-state index in [0.717, 1.165) is 49.5 Å². The summed E-state index contributed by atoms with van der Waals surface area (Å²) in [6.07, 6.45) is 0.612. The fourth-order valence-corrected chi connectivity index (χ4v) is 4.41. The Morgan fingerprint density at radius 2 is 1.23 bits per heavy atom. The normalized spacial score (nSPS) is 12.7. The Bertz CT molecular complexity index is 1440. The fourth-order valence-electron chi connectivity index (χ4n) is 4.41. The molecule has 4 nitrogen and oxygen atoms in total. The summed E-state index contributed by atoms with van der Waals surface area (Å²) >= 11 is 0. The topological polar surface area (TPSA) is 63.6 Å². The number of carbonyl (C=O) groups is 2. The molecule has 5 aromatic carbocycles. The van der Waals surface area contributed by atoms with Crippen LogP contribution in [-0.4, -0.2) is 23.1 Å². The van der Waals surface area contributed by atoms with Crippen molar-refractivity contribution < 1.29 is 19.4 Å². The van der Waals surface area contributed by atoms with E-state index in [9.17, 15) is 14.7 Å². The smallest absolute Gasteiger partial charge is 0.339 e. The molecule has 30 heavy (non-hydrogen) atoms. The number of esters is 1. The molecule has 0 bridgehead atoms. The molecule has 0 aliphatic rings. The molecule has 0 fully saturated rings. The van der Waals surface area contributed by atoms with Crippen molar-refractivity contribution in [2.24, 2.45) is 0 Å². The maximum Gasteiger partial charge on any atom is 0.339 e. The highest BCUT2D eigenvalue weighted by Crippen LogP contribution is 2.41. The van der Waals surface area contributed by atoms with Gasteiger partial charge in [-0.3, -0.25) is 0 Å². The van der Waals surface area contributed by atoms with Gasteiger partial charge in [-0.25, -0.2) is 9.59 Å². The van der Waals surface area contributed by atoms with Gasteiger partial charge in [-0.2, -0.15) is 0 Å². The van der Waals surface area contributed by atoms with Crippen molar-refractivity contribution in [3.63, 3.8) is 0 Å². The van der Waals surface area contributed by atoms with E-state index in [1.165, 1.54) is 0 Å². The Morgan fingerprint density at radius 1 is 0.767 bits per heavy atom. The minimum Gasteiger partial charge on any atom is -0.478 e. The summed E-state index contributed by atoms with van der Waals surface area (Å²) in [5, 5.41) is 17.1. The summed E-state index contributed by atoms with van der Waals surface area (Å²) < 4.78 is 5.59. The molecule has 1 unspecified atom stereocenters. The van der Waals surface area contributed by atoms with Crippen molar-refractivity contribution >= 4 is 55.0 Å². The molecule has 0 heterocycles. The summed E-state index contributed by atoms with van der Waals surface area (Å²) in [5.74, 6) is -1.26. The van der Waals surface area contributed by atoms with Crippen molar-refractivity contribution in [2.75, 3.05) is 0 Å². The molecule has 0 aromatic heterocycles. The average molecular weight is 396 g/mol. The number of hydrogen-bond acceptors (Lipinski definition) is 3. The van der Waals surface area contributed by atoms with E-state index in [4.69, 9.17) is 4.74 Å². The lowest BCUT2D eigenvalue weighted by molar-refractivity contribution is 0.0336. The molecular formula is C26H20O4. The lowest BCUT2D eigenvalue weighted by Gasteiger charge is -2.17. The molecule has 1 N–H and O–H groups in total. The molecule has 0 spiro atoms. The van der Waals surface area contributed by atoms with Crippen molar-refractivity contribution in [1.29, 1.82) is 0 Å². The van der Waals surface area contributed by atoms with Crippen molar-refractivity contribution in [2.45, 2.75) is 26.4 Å². The van der Waals surface area contributed by atoms with Crippen LogP contribution in [0.3, 0.4) is 0 Å². The van der Waals surface area contributed by atoms with Gasteiger partial charge in [-0.15, -0.1) is 0 Å². The van der Waals surface area contributed by atoms with Gasteiger partial charge < -0.3 is 9.84 Å². The Hall–Kier alpha value is -3.66. The largest absolute Gasteiger partial charge is 0.478 e. The van der Waals surface area contributed by atoms with Gasteiger partial charge >= 0.3 is 11.9 Å². The summed E-state index contributed by atoms with van der Waals surface area (Å²) in [6, 6.07) is 19.0. The third kappa shape index (κ3) is 2.53. The lowest BCUT2D eigenvalue weighted by Crippen LogP contribution is -2.14. The summed E-state index contributed by atoms with van der Waals surface area (Å²) in [4.78, 5) is 24.6. The minimum absolute atomic E-state index is 0.146. The van der Waals surface area contributed by atoms with Gasteiger partial charge in [0, 0.05) is 0 Å². The molecule has 0 saturated carbocycles. The number of hydrogen-bond donors (Lipinski definition) is 1. The van der Waals surface area contributed by atoms with Crippen LogP contribution in [0.1, 0.15) is 41.0 Å². The minimum atomic E-state index is -0.939. The number of rotatable bonds is 4. The molecule has 1 atom stereocenters. The molecule has 0 amide bonds. The predicted octanol–water partition coefficient (Wildman–Crippen LogP) is 6.39. The zero-order valence-corrected chi connectivity index (χ0v) is 16.7. The molecule has 0 aliphatic carbocycles. The summed E-state index contributed by atoms with van der Waals surface area (Å²) in [7, 11) is 0. The van der Waals surface area contributed by atoms with E-state index in [2.05, 4.69) is 0 Å². The number of carboxylic acids is 1. The first-order valence-corrected chi connectivity index (χ1v) is 10.1. The van der Waals surface area contributed by atoms with Crippen LogP contribution in [-0.2, 0) is 4.74 Å². The molecule has 5 aromatic rings. The fraction of sp³-hybridized carbons (Fsp3) is 0.154. The van der Waals surface area contributed by atoms with Gasteiger partial charge in [0.1, 0.15) is 0 Å². The number of carbonyl (C=O) groups excluding carboxylic acids is 1. The van der Waals surface area contributed by atoms with Crippen LogP contribution in [0.4, 0.5) is 0 Å². The Kier molecular flexibility index (Phi) is 4.10. The molecule has 148 valence electrons. The van der Waals surface area contributed by atoms with Gasteiger partial charge in [-0.05, 0) is 68.6 Å². The second-order valence-corrected chi connectivity index (χ2v) is 7.71. The summed E-state index contributed by atoms with van der Waals surface area (Å²) in [5.41, 5.74) is 0.841. The van der Waals surface area contributed by atoms with Gasteiger partial charge in [0.2, 0.25) is 0 Å². The maximum absolute atomic E-state index is 12.8. The highest BCUT2D eigenvalue weighted by atomic mass is 16.5. The number of benzene rings is 5. The highest BCUT2D eigenvalue weighted by Gasteiger charge is 2.20. The molecule has 0 aliphatic heterocycles. The van der Waals surface area contributed by atoms with Crippen LogP contribution in [0.25, 0.3) is 43.1 Å². The Balaban J connectivity index is 1.91. The van der Waals surface area contributed by atoms with Gasteiger partial charge in [0.05, 0.1) is 17.2 Å². The monoisotopic (exact) mass is 396 g/mol. The second-order valence-electron chi connectivity index (χ2n) is 7.71. The third-order valence-corrected chi connectivity index (χ3v) is 6.00. The van der Waals surface area contributed by atoms with E-state index in [-0.39, 0.29) is 12.1 Å². The third-order valence-electron chi connectivity index (χ3n) is 6.00. The van der Waals surface area contributed by atoms with E-state index in [1.54, 1.807) is 6.07 Å². The van der Waals surface area contributed by atoms with E-state index < -0.39 is 5.97 Å². The first kappa shape index (κ1) is 18.4. The van der Waals surface area contributed by atoms with Crippen molar-refractivity contribution in [1.82, 2.24) is 0 Å². The lowest BCUT2D eigenvalue weighted by atomic mass is 9.87. The summed E-state index contributed by atoms with van der Waals surface area (Å²) in [6.45, 7) is 3.87. The Labute approximate surface area is 173 Å². The van der Waals surface area contributed by atoms with Crippen molar-refractivity contribution in [3.8, 4) is 0 Å². The first-order valence-electron chi connectivity index (χ1n) is 10.1. The predicted molar refractivity (Wildman–Crippen MR) is 120 cm³/mol. The zero-order valence-electron chi connectivity index (χ0n) is 16.7. The van der Waals surface area contributed by atoms with Gasteiger partial charge in [0.15, 0.2) is 0 Å². The van der Waals surface area contributed by atoms with Gasteiger partial charge in [-0.1, -0.05) is 55.5 Å². The highest BCUT2D eigenvalue weighted by molar-refractivity contribution is 6.35. The SMILES string of the molecule is CCC(C)OC(=O)c1ccc2c3cccc4c(C(=O)O)ccc(c5cccc1c52)c43. The van der Waals surface area contributed by atoms with Crippen LogP contribution >= 0.6 is 0 Å². The van der Waals surface area contributed by atoms with Crippen LogP contribution in [0.5, 0.6) is 0 Å². The standard InChI is InChI=1S/C26H20O4/c1-3-14(2)30-26(29)22-13-11-20-15-6-4-8-17-21(25(27)28)12-10-19(23(15)17)16-7-5-9-18(22)24(16)20/h4-14H,3H2,1-2H3,(H,27,28). The zero-order chi connectivity index (χ0) is 21.0. The van der Waals surface area contributed by atoms with Crippen LogP contribution in [0.2, 0.25) is 0 Å². The van der Waals surface area contributed by atoms with E-state index in [1.807, 2.05) is 68.4 Å². The number of aromatic carboxylic acids is 1. The maximum atomic E-state index is 12.8. The average Bonchev–Trinajstić information content (AvgIpc) is 2.76. The second kappa shape index (κ2) is 6.70. The van der Waals surface area contributed by atoms with Crippen LogP contribution in [0, 0.1) is 0 Å². The molecule has 4 heteroatoms. The van der Waals surface area contributed by atoms with Crippen molar-refractivity contribution in [3.05, 3.63) is 71.8 Å². The molecule has 0 radical (unpaired) electrons. The number of ether oxygens (including phenoxy) is 1. The molecular weight excluding hydrogens is 376 g/mol. The first-order chi connectivity index (χ1) is 14.5. The molecule has 0 saturated heterocycles. The van der Waals surface area contributed by atoms with E-state index >= 15 is 0 Å². The van der Waals surface area contributed by atoms with Crippen LogP contribution < -0.4 is 0 Å². The quantitative estimate of drug-likeness (QED) is 0.217. The number of fused-ring (bicyclic) bond motifs is 2. The molecule has 5 rings (SSSR count). The van der Waals surface area contributed by atoms with Crippen LogP contribution in [0.15, 0.2) is 60.7 Å².